The molecule has 0 saturated heterocycles. The molecule has 7 nitrogen and oxygen atoms in total. The predicted molar refractivity (Wildman–Crippen MR) is 106 cm³/mol. The highest BCUT2D eigenvalue weighted by Gasteiger charge is 2.17. The third-order valence-electron chi connectivity index (χ3n) is 3.67. The van der Waals surface area contributed by atoms with Gasteiger partial charge in [0.1, 0.15) is 0 Å². The normalized spacial score (nSPS) is 11.4. The predicted octanol–water partition coefficient (Wildman–Crippen LogP) is 3.96. The fourth-order valence-electron chi connectivity index (χ4n) is 2.48. The van der Waals surface area contributed by atoms with E-state index >= 15 is 0 Å². The second-order valence-corrected chi connectivity index (χ2v) is 6.77. The second kappa shape index (κ2) is 6.62. The molecule has 0 aliphatic heterocycles. The maximum absolute atomic E-state index is 12.6. The number of fused-ring (bicyclic) bond motifs is 1. The van der Waals surface area contributed by atoms with Gasteiger partial charge in [0.05, 0.1) is 15.9 Å². The topological polar surface area (TPSA) is 101 Å². The number of aromatic nitrogens is 3. The molecule has 0 bridgehead atoms. The van der Waals surface area contributed by atoms with Crippen molar-refractivity contribution in [1.29, 1.82) is 0 Å². The first-order chi connectivity index (χ1) is 12.6. The molecule has 2 heterocycles. The molecule has 0 saturated carbocycles. The first-order valence-electron chi connectivity index (χ1n) is 7.61. The first kappa shape index (κ1) is 16.3. The number of rotatable bonds is 3. The van der Waals surface area contributed by atoms with Gasteiger partial charge >= 0.3 is 5.56 Å². The lowest BCUT2D eigenvalue weighted by Crippen LogP contribution is -2.29. The quantitative estimate of drug-likeness (QED) is 0.415. The standard InChI is InChI=1S/C17H12N6OS2/c18-16(25)23-15(24)14(13(22-23)10-6-2-1-3-7-10)20-21-17-19-11-8-4-5-9-12(11)26-17/h1-9,22H,(H2,18,25). The number of azo groups is 1. The van der Waals surface area contributed by atoms with E-state index < -0.39 is 5.56 Å². The van der Waals surface area contributed by atoms with Crippen LogP contribution in [0.1, 0.15) is 0 Å². The molecule has 2 aromatic heterocycles. The van der Waals surface area contributed by atoms with Crippen molar-refractivity contribution >= 4 is 49.7 Å². The average Bonchev–Trinajstić information content (AvgIpc) is 3.21. The molecule has 0 unspecified atom stereocenters. The van der Waals surface area contributed by atoms with E-state index in [1.807, 2.05) is 54.6 Å². The van der Waals surface area contributed by atoms with E-state index in [1.54, 1.807) is 0 Å². The Balaban J connectivity index is 1.82. The zero-order chi connectivity index (χ0) is 18.1. The van der Waals surface area contributed by atoms with Crippen LogP contribution < -0.4 is 11.3 Å². The molecule has 0 fully saturated rings. The number of aromatic amines is 1. The summed E-state index contributed by atoms with van der Waals surface area (Å²) >= 11 is 6.32. The molecule has 0 atom stereocenters. The number of nitrogens with zero attached hydrogens (tertiary/aromatic N) is 4. The van der Waals surface area contributed by atoms with E-state index in [2.05, 4.69) is 20.3 Å². The Morgan fingerprint density at radius 1 is 1.12 bits per heavy atom. The molecule has 0 aliphatic rings. The third-order valence-corrected chi connectivity index (χ3v) is 4.77. The van der Waals surface area contributed by atoms with Crippen LogP contribution in [0.3, 0.4) is 0 Å². The van der Waals surface area contributed by atoms with Gasteiger partial charge < -0.3 is 5.73 Å². The summed E-state index contributed by atoms with van der Waals surface area (Å²) in [5.74, 6) is 0. The number of para-hydroxylation sites is 1. The number of H-pyrrole nitrogens is 1. The minimum atomic E-state index is -0.457. The molecule has 3 N–H and O–H groups in total. The number of thiocarbonyl (C=S) groups is 1. The zero-order valence-electron chi connectivity index (χ0n) is 13.3. The average molecular weight is 380 g/mol. The third kappa shape index (κ3) is 2.93. The lowest BCUT2D eigenvalue weighted by molar-refractivity contribution is 0.910. The highest BCUT2D eigenvalue weighted by Crippen LogP contribution is 2.31. The number of nitrogens with one attached hydrogen (secondary N) is 1. The fraction of sp³-hybridized carbons (Fsp3) is 0. The van der Waals surface area contributed by atoms with Gasteiger partial charge in [-0.25, -0.2) is 4.98 Å². The van der Waals surface area contributed by atoms with Crippen LogP contribution in [0, 0.1) is 0 Å². The second-order valence-electron chi connectivity index (χ2n) is 5.34. The van der Waals surface area contributed by atoms with E-state index in [9.17, 15) is 4.79 Å². The van der Waals surface area contributed by atoms with Crippen LogP contribution in [0.4, 0.5) is 10.8 Å². The molecule has 0 aliphatic carbocycles. The summed E-state index contributed by atoms with van der Waals surface area (Å²) in [6.07, 6.45) is 0. The summed E-state index contributed by atoms with van der Waals surface area (Å²) in [7, 11) is 0. The Labute approximate surface area is 156 Å². The molecular weight excluding hydrogens is 368 g/mol. The van der Waals surface area contributed by atoms with Gasteiger partial charge in [-0.1, -0.05) is 53.8 Å². The van der Waals surface area contributed by atoms with E-state index in [-0.39, 0.29) is 10.8 Å². The minimum absolute atomic E-state index is 0.0892. The molecule has 128 valence electrons. The number of benzene rings is 2. The Kier molecular flexibility index (Phi) is 4.15. The van der Waals surface area contributed by atoms with Crippen molar-refractivity contribution in [2.24, 2.45) is 16.0 Å². The highest BCUT2D eigenvalue weighted by atomic mass is 32.1. The largest absolute Gasteiger partial charge is 0.374 e. The van der Waals surface area contributed by atoms with Crippen molar-refractivity contribution < 1.29 is 0 Å². The van der Waals surface area contributed by atoms with Gasteiger partial charge in [0, 0.05) is 5.56 Å². The number of nitrogens with two attached hydrogens (primary N) is 1. The Morgan fingerprint density at radius 3 is 2.58 bits per heavy atom. The van der Waals surface area contributed by atoms with Gasteiger partial charge in [0.15, 0.2) is 10.8 Å². The minimum Gasteiger partial charge on any atom is -0.374 e. The highest BCUT2D eigenvalue weighted by molar-refractivity contribution is 7.80. The summed E-state index contributed by atoms with van der Waals surface area (Å²) in [4.78, 5) is 17.0. The molecule has 0 radical (unpaired) electrons. The van der Waals surface area contributed by atoms with Gasteiger partial charge in [-0.05, 0) is 24.4 Å². The summed E-state index contributed by atoms with van der Waals surface area (Å²) in [5.41, 5.74) is 7.39. The smallest absolute Gasteiger partial charge is 0.301 e. The molecule has 0 spiro atoms. The van der Waals surface area contributed by atoms with Gasteiger partial charge in [0.2, 0.25) is 5.13 Å². The maximum atomic E-state index is 12.6. The lowest BCUT2D eigenvalue weighted by Gasteiger charge is -1.98. The first-order valence-corrected chi connectivity index (χ1v) is 8.83. The Hall–Kier alpha value is -3.17. The monoisotopic (exact) mass is 380 g/mol. The van der Waals surface area contributed by atoms with Crippen LogP contribution in [0.25, 0.3) is 21.5 Å². The maximum Gasteiger partial charge on any atom is 0.301 e. The van der Waals surface area contributed by atoms with Crippen molar-refractivity contribution in [3.63, 3.8) is 0 Å². The van der Waals surface area contributed by atoms with E-state index in [0.717, 1.165) is 20.5 Å². The molecule has 2 aromatic carbocycles. The number of hydrogen-bond donors (Lipinski definition) is 2. The van der Waals surface area contributed by atoms with Gasteiger partial charge in [-0.15, -0.1) is 10.2 Å². The van der Waals surface area contributed by atoms with Crippen LogP contribution in [0.5, 0.6) is 0 Å². The molecular formula is C17H12N6OS2. The number of thiazole rings is 1. The van der Waals surface area contributed by atoms with Crippen LogP contribution in [-0.4, -0.2) is 19.9 Å². The summed E-state index contributed by atoms with van der Waals surface area (Å²) in [5, 5.41) is 11.6. The van der Waals surface area contributed by atoms with Gasteiger partial charge in [-0.3, -0.25) is 9.89 Å². The van der Waals surface area contributed by atoms with Crippen molar-refractivity contribution in [3.8, 4) is 11.3 Å². The van der Waals surface area contributed by atoms with Crippen LogP contribution >= 0.6 is 23.6 Å². The Morgan fingerprint density at radius 2 is 1.85 bits per heavy atom. The molecule has 4 rings (SSSR count). The summed E-state index contributed by atoms with van der Waals surface area (Å²) in [6, 6.07) is 17.0. The van der Waals surface area contributed by atoms with Crippen LogP contribution in [-0.2, 0) is 0 Å². The van der Waals surface area contributed by atoms with Crippen molar-refractivity contribution in [1.82, 2.24) is 14.8 Å². The Bertz CT molecular complexity index is 1160. The van der Waals surface area contributed by atoms with Crippen LogP contribution in [0.2, 0.25) is 0 Å². The van der Waals surface area contributed by atoms with Gasteiger partial charge in [-0.2, -0.15) is 4.68 Å². The fourth-order valence-corrected chi connectivity index (χ4v) is 3.39. The van der Waals surface area contributed by atoms with E-state index in [1.165, 1.54) is 11.3 Å². The number of hydrogen-bond acceptors (Lipinski definition) is 6. The van der Waals surface area contributed by atoms with Crippen molar-refractivity contribution in [2.75, 3.05) is 0 Å². The van der Waals surface area contributed by atoms with Crippen molar-refractivity contribution in [2.45, 2.75) is 0 Å². The molecule has 4 aromatic rings. The van der Waals surface area contributed by atoms with E-state index in [0.29, 0.717) is 10.8 Å². The molecule has 9 heteroatoms. The van der Waals surface area contributed by atoms with Crippen LogP contribution in [0.15, 0.2) is 69.6 Å². The lowest BCUT2D eigenvalue weighted by atomic mass is 10.1. The van der Waals surface area contributed by atoms with Crippen molar-refractivity contribution in [3.05, 3.63) is 65.0 Å². The molecule has 0 amide bonds. The summed E-state index contributed by atoms with van der Waals surface area (Å²) < 4.78 is 2.07. The summed E-state index contributed by atoms with van der Waals surface area (Å²) in [6.45, 7) is 0. The van der Waals surface area contributed by atoms with Gasteiger partial charge in [0.25, 0.3) is 0 Å². The SMILES string of the molecule is NC(=S)n1[nH]c(-c2ccccc2)c(N=Nc2nc3ccccc3s2)c1=O. The van der Waals surface area contributed by atoms with E-state index in [4.69, 9.17) is 18.0 Å². The molecule has 26 heavy (non-hydrogen) atoms. The zero-order valence-corrected chi connectivity index (χ0v) is 14.9.